The molecule has 1 atom stereocenters. The summed E-state index contributed by atoms with van der Waals surface area (Å²) in [6, 6.07) is 0. The second kappa shape index (κ2) is 6.36. The molecule has 17 heavy (non-hydrogen) atoms. The number of nitrogens with one attached hydrogen (secondary N) is 1. The summed E-state index contributed by atoms with van der Waals surface area (Å²) in [5.74, 6) is 0.928. The molecule has 2 rings (SSSR count). The highest BCUT2D eigenvalue weighted by Gasteiger charge is 2.17. The van der Waals surface area contributed by atoms with Gasteiger partial charge in [-0.3, -0.25) is 0 Å². The molecule has 1 aliphatic heterocycles. The van der Waals surface area contributed by atoms with Gasteiger partial charge in [-0.25, -0.2) is 4.98 Å². The molecule has 1 fully saturated rings. The Balaban J connectivity index is 1.96. The van der Waals surface area contributed by atoms with Gasteiger partial charge >= 0.3 is 0 Å². The maximum Gasteiger partial charge on any atom is 0.185 e. The van der Waals surface area contributed by atoms with Gasteiger partial charge in [-0.15, -0.1) is 11.3 Å². The summed E-state index contributed by atoms with van der Waals surface area (Å²) in [6.45, 7) is 5.56. The van der Waals surface area contributed by atoms with E-state index in [9.17, 15) is 0 Å². The first-order chi connectivity index (χ1) is 8.33. The van der Waals surface area contributed by atoms with Crippen LogP contribution in [0.3, 0.4) is 0 Å². The Hall–Kier alpha value is -0.610. The molecule has 1 aromatic heterocycles. The smallest absolute Gasteiger partial charge is 0.185 e. The normalized spacial score (nSPS) is 21.5. The second-order valence-corrected chi connectivity index (χ2v) is 5.68. The average Bonchev–Trinajstić information content (AvgIpc) is 2.67. The first-order valence-electron chi connectivity index (χ1n) is 6.67. The van der Waals surface area contributed by atoms with E-state index in [1.807, 2.05) is 7.05 Å². The van der Waals surface area contributed by atoms with Gasteiger partial charge in [0.25, 0.3) is 0 Å². The molecule has 0 radical (unpaired) electrons. The zero-order valence-corrected chi connectivity index (χ0v) is 11.7. The molecule has 0 bridgehead atoms. The highest BCUT2D eigenvalue weighted by atomic mass is 32.1. The van der Waals surface area contributed by atoms with Crippen molar-refractivity contribution < 1.29 is 0 Å². The molecule has 96 valence electrons. The first-order valence-corrected chi connectivity index (χ1v) is 7.55. The Bertz CT molecular complexity index is 337. The predicted molar refractivity (Wildman–Crippen MR) is 74.7 cm³/mol. The van der Waals surface area contributed by atoms with Crippen LogP contribution in [0.5, 0.6) is 0 Å². The highest BCUT2D eigenvalue weighted by molar-refractivity contribution is 7.13. The molecular formula is C13H23N3S. The van der Waals surface area contributed by atoms with Crippen molar-refractivity contribution >= 4 is 16.5 Å². The lowest BCUT2D eigenvalue weighted by molar-refractivity contribution is 0.459. The third kappa shape index (κ3) is 3.42. The van der Waals surface area contributed by atoms with Crippen LogP contribution < -0.4 is 10.2 Å². The summed E-state index contributed by atoms with van der Waals surface area (Å²) < 4.78 is 0. The van der Waals surface area contributed by atoms with Crippen molar-refractivity contribution in [2.24, 2.45) is 5.92 Å². The number of hydrogen-bond acceptors (Lipinski definition) is 4. The molecule has 1 aromatic rings. The first kappa shape index (κ1) is 12.8. The van der Waals surface area contributed by atoms with Crippen molar-refractivity contribution in [3.05, 3.63) is 11.1 Å². The van der Waals surface area contributed by atoms with Crippen molar-refractivity contribution in [1.82, 2.24) is 10.3 Å². The van der Waals surface area contributed by atoms with Crippen molar-refractivity contribution in [3.63, 3.8) is 0 Å². The van der Waals surface area contributed by atoms with Crippen LogP contribution in [0.1, 0.15) is 38.3 Å². The molecule has 0 spiro atoms. The number of rotatable bonds is 4. The maximum atomic E-state index is 4.70. The summed E-state index contributed by atoms with van der Waals surface area (Å²) in [7, 11) is 1.97. The van der Waals surface area contributed by atoms with Gasteiger partial charge in [0.15, 0.2) is 5.13 Å². The number of nitrogens with zero attached hydrogens (tertiary/aromatic N) is 2. The lowest BCUT2D eigenvalue weighted by Crippen LogP contribution is -2.24. The molecule has 0 aliphatic carbocycles. The summed E-state index contributed by atoms with van der Waals surface area (Å²) in [5, 5.41) is 6.54. The zero-order chi connectivity index (χ0) is 12.1. The van der Waals surface area contributed by atoms with Crippen molar-refractivity contribution in [2.75, 3.05) is 25.0 Å². The van der Waals surface area contributed by atoms with Gasteiger partial charge in [0.2, 0.25) is 0 Å². The molecular weight excluding hydrogens is 230 g/mol. The fourth-order valence-corrected chi connectivity index (χ4v) is 3.35. The summed E-state index contributed by atoms with van der Waals surface area (Å²) in [4.78, 5) is 7.17. The molecule has 1 unspecified atom stereocenters. The van der Waals surface area contributed by atoms with Gasteiger partial charge in [-0.2, -0.15) is 0 Å². The van der Waals surface area contributed by atoms with Crippen LogP contribution in [0.25, 0.3) is 0 Å². The minimum Gasteiger partial charge on any atom is -0.348 e. The van der Waals surface area contributed by atoms with E-state index in [1.54, 1.807) is 11.3 Å². The standard InChI is InChI=1S/C13H23N3S/c1-3-11-5-4-7-16(8-6-11)13-15-12(9-14-2)10-17-13/h10-11,14H,3-9H2,1-2H3. The molecule has 0 aromatic carbocycles. The van der Waals surface area contributed by atoms with Gasteiger partial charge < -0.3 is 10.2 Å². The van der Waals surface area contributed by atoms with Crippen LogP contribution in [0.4, 0.5) is 5.13 Å². The fourth-order valence-electron chi connectivity index (χ4n) is 2.47. The molecule has 1 aliphatic rings. The average molecular weight is 253 g/mol. The van der Waals surface area contributed by atoms with Gasteiger partial charge in [0, 0.05) is 25.0 Å². The van der Waals surface area contributed by atoms with Crippen LogP contribution in [-0.2, 0) is 6.54 Å². The zero-order valence-electron chi connectivity index (χ0n) is 10.9. The molecule has 1 saturated heterocycles. The van der Waals surface area contributed by atoms with E-state index in [-0.39, 0.29) is 0 Å². The van der Waals surface area contributed by atoms with Crippen LogP contribution in [0, 0.1) is 5.92 Å². The van der Waals surface area contributed by atoms with Crippen molar-refractivity contribution in [1.29, 1.82) is 0 Å². The lowest BCUT2D eigenvalue weighted by Gasteiger charge is -2.19. The van der Waals surface area contributed by atoms with Gasteiger partial charge in [-0.1, -0.05) is 13.3 Å². The summed E-state index contributed by atoms with van der Waals surface area (Å²) >= 11 is 1.79. The van der Waals surface area contributed by atoms with Crippen LogP contribution in [-0.4, -0.2) is 25.1 Å². The Kier molecular flexibility index (Phi) is 4.80. The quantitative estimate of drug-likeness (QED) is 0.894. The Morgan fingerprint density at radius 3 is 3.12 bits per heavy atom. The monoisotopic (exact) mass is 253 g/mol. The van der Waals surface area contributed by atoms with E-state index in [0.29, 0.717) is 0 Å². The van der Waals surface area contributed by atoms with Gasteiger partial charge in [0.05, 0.1) is 5.69 Å². The number of thiazole rings is 1. The Labute approximate surface area is 108 Å². The van der Waals surface area contributed by atoms with E-state index >= 15 is 0 Å². The van der Waals surface area contributed by atoms with Crippen LogP contribution in [0.2, 0.25) is 0 Å². The minimum absolute atomic E-state index is 0.877. The van der Waals surface area contributed by atoms with Gasteiger partial charge in [0.1, 0.15) is 0 Å². The number of anilines is 1. The Morgan fingerprint density at radius 2 is 2.35 bits per heavy atom. The van der Waals surface area contributed by atoms with Crippen molar-refractivity contribution in [3.8, 4) is 0 Å². The molecule has 2 heterocycles. The third-order valence-electron chi connectivity index (χ3n) is 3.59. The highest BCUT2D eigenvalue weighted by Crippen LogP contribution is 2.26. The molecule has 0 saturated carbocycles. The SMILES string of the molecule is CCC1CCCN(c2nc(CNC)cs2)CC1. The summed E-state index contributed by atoms with van der Waals surface area (Å²) in [5.41, 5.74) is 1.17. The van der Waals surface area contributed by atoms with Crippen LogP contribution in [0.15, 0.2) is 5.38 Å². The minimum atomic E-state index is 0.877. The third-order valence-corrected chi connectivity index (χ3v) is 4.54. The Morgan fingerprint density at radius 1 is 1.47 bits per heavy atom. The largest absolute Gasteiger partial charge is 0.348 e. The van der Waals surface area contributed by atoms with Gasteiger partial charge in [-0.05, 0) is 32.2 Å². The van der Waals surface area contributed by atoms with E-state index in [2.05, 4.69) is 22.5 Å². The van der Waals surface area contributed by atoms with E-state index in [0.717, 1.165) is 12.5 Å². The maximum absolute atomic E-state index is 4.70. The summed E-state index contributed by atoms with van der Waals surface area (Å²) in [6.07, 6.45) is 5.37. The predicted octanol–water partition coefficient (Wildman–Crippen LogP) is 2.88. The number of aromatic nitrogens is 1. The fraction of sp³-hybridized carbons (Fsp3) is 0.769. The topological polar surface area (TPSA) is 28.2 Å². The van der Waals surface area contributed by atoms with Crippen LogP contribution >= 0.6 is 11.3 Å². The molecule has 1 N–H and O–H groups in total. The van der Waals surface area contributed by atoms with Crippen molar-refractivity contribution in [2.45, 2.75) is 39.2 Å². The van der Waals surface area contributed by atoms with E-state index in [4.69, 9.17) is 4.98 Å². The molecule has 3 nitrogen and oxygen atoms in total. The second-order valence-electron chi connectivity index (χ2n) is 4.84. The number of hydrogen-bond donors (Lipinski definition) is 1. The van der Waals surface area contributed by atoms with E-state index < -0.39 is 0 Å². The molecule has 0 amide bonds. The lowest BCUT2D eigenvalue weighted by atomic mass is 9.98. The molecule has 4 heteroatoms. The van der Waals surface area contributed by atoms with E-state index in [1.165, 1.54) is 49.6 Å².